The Labute approximate surface area is 178 Å². The second-order valence-corrected chi connectivity index (χ2v) is 8.25. The van der Waals surface area contributed by atoms with Crippen LogP contribution in [0.2, 0.25) is 0 Å². The number of nitrogens with zero attached hydrogens (tertiary/aromatic N) is 2. The van der Waals surface area contributed by atoms with Gasteiger partial charge in [0.25, 0.3) is 0 Å². The largest absolute Gasteiger partial charge is 0.357 e. The van der Waals surface area contributed by atoms with Crippen LogP contribution in [0.4, 0.5) is 0 Å². The van der Waals surface area contributed by atoms with E-state index in [4.69, 9.17) is 0 Å². The molecular weight excluding hydrogens is 380 g/mol. The van der Waals surface area contributed by atoms with Crippen molar-refractivity contribution in [3.63, 3.8) is 0 Å². The van der Waals surface area contributed by atoms with Gasteiger partial charge in [0.15, 0.2) is 5.96 Å². The number of benzene rings is 2. The molecule has 3 rings (SSSR count). The number of carbonyl (C=O) groups excluding carboxylic acids is 1. The molecule has 0 aromatic heterocycles. The molecule has 1 heterocycles. The Hall–Kier alpha value is -2.47. The topological polar surface area (TPSA) is 56.7 Å². The minimum Gasteiger partial charge on any atom is -0.357 e. The van der Waals surface area contributed by atoms with Crippen LogP contribution in [0.25, 0.3) is 0 Å². The zero-order valence-electron chi connectivity index (χ0n) is 17.0. The lowest BCUT2D eigenvalue weighted by molar-refractivity contribution is -0.119. The van der Waals surface area contributed by atoms with E-state index in [0.29, 0.717) is 12.5 Å². The first kappa shape index (κ1) is 21.2. The molecule has 2 aromatic rings. The molecule has 1 aliphatic rings. The first-order chi connectivity index (χ1) is 14.2. The van der Waals surface area contributed by atoms with Crippen molar-refractivity contribution in [3.05, 3.63) is 66.2 Å². The number of likely N-dealkylation sites (tertiary alicyclic amines) is 1. The molecule has 1 saturated heterocycles. The van der Waals surface area contributed by atoms with E-state index < -0.39 is 0 Å². The highest BCUT2D eigenvalue weighted by Gasteiger charge is 2.25. The van der Waals surface area contributed by atoms with Crippen molar-refractivity contribution in [1.29, 1.82) is 0 Å². The van der Waals surface area contributed by atoms with Crippen molar-refractivity contribution in [2.24, 2.45) is 10.9 Å². The van der Waals surface area contributed by atoms with Crippen molar-refractivity contribution in [1.82, 2.24) is 15.5 Å². The highest BCUT2D eigenvalue weighted by atomic mass is 32.2. The molecule has 2 N–H and O–H groups in total. The fourth-order valence-corrected chi connectivity index (χ4v) is 4.37. The van der Waals surface area contributed by atoms with E-state index in [1.54, 1.807) is 0 Å². The predicted octanol–water partition coefficient (Wildman–Crippen LogP) is 3.38. The summed E-state index contributed by atoms with van der Waals surface area (Å²) in [4.78, 5) is 20.4. The van der Waals surface area contributed by atoms with Crippen molar-refractivity contribution < 1.29 is 4.79 Å². The standard InChI is InChI=1S/C23H30N4OS/c1-2-24-23(26-16-22(28)25-15-19-9-5-3-6-10-19)27-14-13-20(17-27)18-29-21-11-7-4-8-12-21/h3-12,20H,2,13-18H2,1H3,(H,24,26)(H,25,28). The Morgan fingerprint density at radius 1 is 1.10 bits per heavy atom. The number of thioether (sulfide) groups is 1. The highest BCUT2D eigenvalue weighted by Crippen LogP contribution is 2.25. The van der Waals surface area contributed by atoms with Gasteiger partial charge >= 0.3 is 0 Å². The van der Waals surface area contributed by atoms with Gasteiger partial charge in [0.05, 0.1) is 0 Å². The van der Waals surface area contributed by atoms with E-state index in [1.807, 2.05) is 42.1 Å². The second-order valence-electron chi connectivity index (χ2n) is 7.16. The summed E-state index contributed by atoms with van der Waals surface area (Å²) in [5.74, 6) is 2.53. The Morgan fingerprint density at radius 3 is 2.55 bits per heavy atom. The minimum atomic E-state index is -0.0559. The molecule has 0 saturated carbocycles. The molecule has 154 valence electrons. The third kappa shape index (κ3) is 7.13. The van der Waals surface area contributed by atoms with Crippen molar-refractivity contribution in [3.8, 4) is 0 Å². The van der Waals surface area contributed by atoms with Gasteiger partial charge < -0.3 is 15.5 Å². The van der Waals surface area contributed by atoms with E-state index >= 15 is 0 Å². The molecule has 0 radical (unpaired) electrons. The molecule has 1 aliphatic heterocycles. The van der Waals surface area contributed by atoms with Crippen LogP contribution < -0.4 is 10.6 Å². The molecule has 0 bridgehead atoms. The van der Waals surface area contributed by atoms with E-state index in [2.05, 4.69) is 57.8 Å². The van der Waals surface area contributed by atoms with Crippen molar-refractivity contribution >= 4 is 23.6 Å². The number of aliphatic imine (C=N–C) groups is 1. The van der Waals surface area contributed by atoms with Crippen molar-refractivity contribution in [2.45, 2.75) is 24.8 Å². The smallest absolute Gasteiger partial charge is 0.242 e. The fourth-order valence-electron chi connectivity index (χ4n) is 3.32. The Kier molecular flexibility index (Phi) is 8.43. The van der Waals surface area contributed by atoms with E-state index in [9.17, 15) is 4.79 Å². The number of amides is 1. The quantitative estimate of drug-likeness (QED) is 0.398. The molecule has 5 nitrogen and oxygen atoms in total. The lowest BCUT2D eigenvalue weighted by atomic mass is 10.2. The number of carbonyl (C=O) groups is 1. The number of hydrogen-bond acceptors (Lipinski definition) is 3. The van der Waals surface area contributed by atoms with Gasteiger partial charge in [0.2, 0.25) is 5.91 Å². The third-order valence-corrected chi connectivity index (χ3v) is 6.10. The summed E-state index contributed by atoms with van der Waals surface area (Å²) >= 11 is 1.92. The number of guanidine groups is 1. The minimum absolute atomic E-state index is 0.0559. The van der Waals surface area contributed by atoms with Crippen LogP contribution in [-0.4, -0.2) is 48.7 Å². The fraction of sp³-hybridized carbons (Fsp3) is 0.391. The maximum absolute atomic E-state index is 12.2. The number of hydrogen-bond donors (Lipinski definition) is 2. The average Bonchev–Trinajstić information content (AvgIpc) is 3.24. The predicted molar refractivity (Wildman–Crippen MR) is 121 cm³/mol. The lowest BCUT2D eigenvalue weighted by Gasteiger charge is -2.21. The molecule has 6 heteroatoms. The van der Waals surface area contributed by atoms with Gasteiger partial charge in [-0.1, -0.05) is 48.5 Å². The van der Waals surface area contributed by atoms with Crippen LogP contribution in [0.1, 0.15) is 18.9 Å². The van der Waals surface area contributed by atoms with Gasteiger partial charge in [-0.15, -0.1) is 11.8 Å². The van der Waals surface area contributed by atoms with Crippen LogP contribution in [-0.2, 0) is 11.3 Å². The second kappa shape index (κ2) is 11.5. The van der Waals surface area contributed by atoms with Gasteiger partial charge in [-0.2, -0.15) is 0 Å². The van der Waals surface area contributed by atoms with Gasteiger partial charge in [0.1, 0.15) is 6.54 Å². The zero-order chi connectivity index (χ0) is 20.3. The highest BCUT2D eigenvalue weighted by molar-refractivity contribution is 7.99. The molecule has 1 amide bonds. The van der Waals surface area contributed by atoms with Crippen LogP contribution in [0.5, 0.6) is 0 Å². The van der Waals surface area contributed by atoms with Crippen molar-refractivity contribution in [2.75, 3.05) is 31.9 Å². The summed E-state index contributed by atoms with van der Waals surface area (Å²) in [5, 5.41) is 6.28. The maximum Gasteiger partial charge on any atom is 0.242 e. The van der Waals surface area contributed by atoms with E-state index in [0.717, 1.165) is 43.3 Å². The molecule has 0 aliphatic carbocycles. The summed E-state index contributed by atoms with van der Waals surface area (Å²) in [6, 6.07) is 20.5. The lowest BCUT2D eigenvalue weighted by Crippen LogP contribution is -2.41. The molecule has 1 fully saturated rings. The zero-order valence-corrected chi connectivity index (χ0v) is 17.8. The Balaban J connectivity index is 1.46. The van der Waals surface area contributed by atoms with E-state index in [-0.39, 0.29) is 12.5 Å². The Morgan fingerprint density at radius 2 is 1.83 bits per heavy atom. The van der Waals surface area contributed by atoms with Crippen LogP contribution in [0.3, 0.4) is 0 Å². The normalized spacial score (nSPS) is 16.7. The summed E-state index contributed by atoms with van der Waals surface area (Å²) < 4.78 is 0. The van der Waals surface area contributed by atoms with Crippen LogP contribution >= 0.6 is 11.8 Å². The number of rotatable bonds is 8. The summed E-state index contributed by atoms with van der Waals surface area (Å²) in [7, 11) is 0. The molecule has 1 atom stereocenters. The van der Waals surface area contributed by atoms with Gasteiger partial charge in [-0.05, 0) is 37.0 Å². The van der Waals surface area contributed by atoms with Gasteiger partial charge in [0, 0.05) is 36.8 Å². The maximum atomic E-state index is 12.2. The first-order valence-corrected chi connectivity index (χ1v) is 11.2. The molecule has 0 spiro atoms. The molecule has 1 unspecified atom stereocenters. The average molecular weight is 411 g/mol. The molecule has 29 heavy (non-hydrogen) atoms. The summed E-state index contributed by atoms with van der Waals surface area (Å²) in [6.45, 7) is 5.51. The van der Waals surface area contributed by atoms with E-state index in [1.165, 1.54) is 4.90 Å². The van der Waals surface area contributed by atoms with Crippen LogP contribution in [0.15, 0.2) is 70.6 Å². The summed E-state index contributed by atoms with van der Waals surface area (Å²) in [6.07, 6.45) is 1.16. The summed E-state index contributed by atoms with van der Waals surface area (Å²) in [5.41, 5.74) is 1.09. The number of nitrogens with one attached hydrogen (secondary N) is 2. The first-order valence-electron chi connectivity index (χ1n) is 10.3. The Bertz CT molecular complexity index is 782. The van der Waals surface area contributed by atoms with Crippen LogP contribution in [0, 0.1) is 5.92 Å². The SMILES string of the molecule is CCNC(=NCC(=O)NCc1ccccc1)N1CCC(CSc2ccccc2)C1. The monoisotopic (exact) mass is 410 g/mol. The third-order valence-electron chi connectivity index (χ3n) is 4.85. The molecular formula is C23H30N4OS. The molecule has 2 aromatic carbocycles. The van der Waals surface area contributed by atoms with Gasteiger partial charge in [-0.25, -0.2) is 4.99 Å². The van der Waals surface area contributed by atoms with Gasteiger partial charge in [-0.3, -0.25) is 4.79 Å².